The fourth-order valence-corrected chi connectivity index (χ4v) is 4.96. The summed E-state index contributed by atoms with van der Waals surface area (Å²) in [7, 11) is -3.69. The largest absolute Gasteiger partial charge is 0.467 e. The molecule has 0 aliphatic carbocycles. The average molecular weight is 441 g/mol. The van der Waals surface area contributed by atoms with E-state index >= 15 is 0 Å². The second-order valence-corrected chi connectivity index (χ2v) is 9.21. The molecule has 1 aliphatic heterocycles. The zero-order valence-corrected chi connectivity index (χ0v) is 17.8. The van der Waals surface area contributed by atoms with E-state index in [0.29, 0.717) is 44.2 Å². The van der Waals surface area contributed by atoms with E-state index in [1.54, 1.807) is 29.4 Å². The zero-order chi connectivity index (χ0) is 21.7. The van der Waals surface area contributed by atoms with Gasteiger partial charge in [-0.2, -0.15) is 4.31 Å². The van der Waals surface area contributed by atoms with Crippen LogP contribution >= 0.6 is 0 Å². The molecule has 0 spiro atoms. The van der Waals surface area contributed by atoms with E-state index in [0.717, 1.165) is 5.56 Å². The number of carbonyl (C=O) groups excluding carboxylic acids is 1. The van der Waals surface area contributed by atoms with E-state index in [2.05, 4.69) is 0 Å². The predicted molar refractivity (Wildman–Crippen MR) is 115 cm³/mol. The van der Waals surface area contributed by atoms with Crippen LogP contribution in [0, 0.1) is 0 Å². The number of sulfonamides is 1. The van der Waals surface area contributed by atoms with Crippen LogP contribution in [0.1, 0.15) is 21.7 Å². The van der Waals surface area contributed by atoms with Crippen molar-refractivity contribution in [2.75, 3.05) is 26.3 Å². The number of rotatable bonds is 7. The smallest absolute Gasteiger partial charge is 0.254 e. The zero-order valence-electron chi connectivity index (χ0n) is 17.0. The quantitative estimate of drug-likeness (QED) is 0.564. The standard InChI is InChI=1S/C23H24N2O5S/c26-23(24(18-21-9-5-13-30-21)17-19-6-2-1-3-7-19)20-8-4-10-22(16-20)31(27,28)25-11-14-29-15-12-25/h1-10,13,16H,11-12,14-15,17-18H2. The van der Waals surface area contributed by atoms with Gasteiger partial charge in [-0.15, -0.1) is 0 Å². The number of carbonyl (C=O) groups is 1. The fourth-order valence-electron chi connectivity index (χ4n) is 3.50. The SMILES string of the molecule is O=C(c1cccc(S(=O)(=O)N2CCOCC2)c1)N(Cc1ccccc1)Cc1ccco1. The third-order valence-electron chi connectivity index (χ3n) is 5.12. The molecule has 8 heteroatoms. The van der Waals surface area contributed by atoms with Crippen LogP contribution in [0.3, 0.4) is 0 Å². The van der Waals surface area contributed by atoms with Gasteiger partial charge < -0.3 is 14.1 Å². The molecule has 0 saturated carbocycles. The highest BCUT2D eigenvalue weighted by Crippen LogP contribution is 2.21. The number of morpholine rings is 1. The van der Waals surface area contributed by atoms with Gasteiger partial charge in [0.1, 0.15) is 5.76 Å². The van der Waals surface area contributed by atoms with Gasteiger partial charge in [-0.1, -0.05) is 36.4 Å². The molecular weight excluding hydrogens is 416 g/mol. The molecule has 0 unspecified atom stereocenters. The number of benzene rings is 2. The monoisotopic (exact) mass is 440 g/mol. The maximum Gasteiger partial charge on any atom is 0.254 e. The van der Waals surface area contributed by atoms with Gasteiger partial charge in [0, 0.05) is 25.2 Å². The molecular formula is C23H24N2O5S. The van der Waals surface area contributed by atoms with E-state index in [9.17, 15) is 13.2 Å². The minimum atomic E-state index is -3.69. The van der Waals surface area contributed by atoms with Crippen LogP contribution in [0.4, 0.5) is 0 Å². The first-order chi connectivity index (χ1) is 15.0. The van der Waals surface area contributed by atoms with E-state index in [4.69, 9.17) is 9.15 Å². The molecule has 0 radical (unpaired) electrons. The molecule has 1 aliphatic rings. The predicted octanol–water partition coefficient (Wildman–Crippen LogP) is 3.14. The Bertz CT molecular complexity index is 1110. The molecule has 2 heterocycles. The molecule has 0 atom stereocenters. The Hall–Kier alpha value is -2.94. The van der Waals surface area contributed by atoms with Crippen molar-refractivity contribution in [1.82, 2.24) is 9.21 Å². The van der Waals surface area contributed by atoms with Crippen molar-refractivity contribution >= 4 is 15.9 Å². The maximum atomic E-state index is 13.4. The van der Waals surface area contributed by atoms with Gasteiger partial charge >= 0.3 is 0 Å². The van der Waals surface area contributed by atoms with Gasteiger partial charge in [0.2, 0.25) is 10.0 Å². The van der Waals surface area contributed by atoms with Crippen molar-refractivity contribution in [3.8, 4) is 0 Å². The van der Waals surface area contributed by atoms with Gasteiger partial charge in [-0.3, -0.25) is 4.79 Å². The van der Waals surface area contributed by atoms with Crippen LogP contribution in [0.15, 0.2) is 82.3 Å². The van der Waals surface area contributed by atoms with Gasteiger partial charge in [0.05, 0.1) is 30.9 Å². The first kappa shape index (κ1) is 21.3. The van der Waals surface area contributed by atoms with Crippen molar-refractivity contribution in [2.24, 2.45) is 0 Å². The Labute approximate surface area is 181 Å². The van der Waals surface area contributed by atoms with Crippen molar-refractivity contribution < 1.29 is 22.4 Å². The molecule has 4 rings (SSSR count). The van der Waals surface area contributed by atoms with Crippen LogP contribution in [0.2, 0.25) is 0 Å². The summed E-state index contributed by atoms with van der Waals surface area (Å²) in [5.41, 5.74) is 1.29. The Kier molecular flexibility index (Phi) is 6.50. The van der Waals surface area contributed by atoms with Gasteiger partial charge in [-0.25, -0.2) is 8.42 Å². The number of amides is 1. The van der Waals surface area contributed by atoms with Crippen LogP contribution < -0.4 is 0 Å². The van der Waals surface area contributed by atoms with Crippen LogP contribution in [0.25, 0.3) is 0 Å². The molecule has 3 aromatic rings. The number of furan rings is 1. The van der Waals surface area contributed by atoms with E-state index < -0.39 is 10.0 Å². The molecule has 7 nitrogen and oxygen atoms in total. The molecule has 0 bridgehead atoms. The van der Waals surface area contributed by atoms with Crippen molar-refractivity contribution in [3.63, 3.8) is 0 Å². The highest BCUT2D eigenvalue weighted by atomic mass is 32.2. The summed E-state index contributed by atoms with van der Waals surface area (Å²) >= 11 is 0. The third kappa shape index (κ3) is 5.04. The molecule has 2 aromatic carbocycles. The lowest BCUT2D eigenvalue weighted by molar-refractivity contribution is 0.0716. The number of hydrogen-bond acceptors (Lipinski definition) is 5. The third-order valence-corrected chi connectivity index (χ3v) is 7.01. The van der Waals surface area contributed by atoms with Gasteiger partial charge in [0.15, 0.2) is 0 Å². The summed E-state index contributed by atoms with van der Waals surface area (Å²) in [6.07, 6.45) is 1.57. The fraction of sp³-hybridized carbons (Fsp3) is 0.261. The lowest BCUT2D eigenvalue weighted by Crippen LogP contribution is -2.40. The Morgan fingerprint density at radius 3 is 2.42 bits per heavy atom. The lowest BCUT2D eigenvalue weighted by atomic mass is 10.1. The molecule has 162 valence electrons. The molecule has 1 amide bonds. The highest BCUT2D eigenvalue weighted by Gasteiger charge is 2.27. The Morgan fingerprint density at radius 2 is 1.71 bits per heavy atom. The molecule has 1 aromatic heterocycles. The van der Waals surface area contributed by atoms with Crippen LogP contribution in [-0.2, 0) is 27.8 Å². The summed E-state index contributed by atoms with van der Waals surface area (Å²) in [6, 6.07) is 19.4. The van der Waals surface area contributed by atoms with E-state index in [1.807, 2.05) is 36.4 Å². The van der Waals surface area contributed by atoms with Crippen LogP contribution in [-0.4, -0.2) is 49.8 Å². The van der Waals surface area contributed by atoms with Crippen LogP contribution in [0.5, 0.6) is 0 Å². The molecule has 0 N–H and O–H groups in total. The number of nitrogens with zero attached hydrogens (tertiary/aromatic N) is 2. The first-order valence-electron chi connectivity index (χ1n) is 10.1. The van der Waals surface area contributed by atoms with Gasteiger partial charge in [-0.05, 0) is 35.9 Å². The molecule has 1 fully saturated rings. The van der Waals surface area contributed by atoms with E-state index in [-0.39, 0.29) is 17.3 Å². The minimum Gasteiger partial charge on any atom is -0.467 e. The maximum absolute atomic E-state index is 13.4. The highest BCUT2D eigenvalue weighted by molar-refractivity contribution is 7.89. The Morgan fingerprint density at radius 1 is 0.935 bits per heavy atom. The normalized spacial score (nSPS) is 15.0. The molecule has 1 saturated heterocycles. The van der Waals surface area contributed by atoms with Crippen molar-refractivity contribution in [2.45, 2.75) is 18.0 Å². The van der Waals surface area contributed by atoms with Gasteiger partial charge in [0.25, 0.3) is 5.91 Å². The summed E-state index contributed by atoms with van der Waals surface area (Å²) in [4.78, 5) is 15.1. The van der Waals surface area contributed by atoms with Crippen molar-refractivity contribution in [1.29, 1.82) is 0 Å². The van der Waals surface area contributed by atoms with Crippen molar-refractivity contribution in [3.05, 3.63) is 89.9 Å². The minimum absolute atomic E-state index is 0.109. The topological polar surface area (TPSA) is 80.1 Å². The number of ether oxygens (including phenoxy) is 1. The molecule has 31 heavy (non-hydrogen) atoms. The second-order valence-electron chi connectivity index (χ2n) is 7.27. The summed E-state index contributed by atoms with van der Waals surface area (Å²) < 4.78 is 38.1. The lowest BCUT2D eigenvalue weighted by Gasteiger charge is -2.26. The summed E-state index contributed by atoms with van der Waals surface area (Å²) in [6.45, 7) is 2.00. The first-order valence-corrected chi connectivity index (χ1v) is 11.5. The number of hydrogen-bond donors (Lipinski definition) is 0. The summed E-state index contributed by atoms with van der Waals surface area (Å²) in [5, 5.41) is 0. The van der Waals surface area contributed by atoms with E-state index in [1.165, 1.54) is 16.4 Å². The summed E-state index contributed by atoms with van der Waals surface area (Å²) in [5.74, 6) is 0.389. The average Bonchev–Trinajstić information content (AvgIpc) is 3.33. The Balaban J connectivity index is 1.61. The second kappa shape index (κ2) is 9.47.